The summed E-state index contributed by atoms with van der Waals surface area (Å²) in [6, 6.07) is 4.72. The zero-order valence-corrected chi connectivity index (χ0v) is 13.1. The first kappa shape index (κ1) is 17.1. The van der Waals surface area contributed by atoms with Crippen LogP contribution in [0.4, 0.5) is 0 Å². The zero-order chi connectivity index (χ0) is 15.8. The molecule has 1 N–H and O–H groups in total. The number of halogens is 1. The summed E-state index contributed by atoms with van der Waals surface area (Å²) in [5.41, 5.74) is 1.49. The standard InChI is InChI=1S/C15H15BrO5/c1-2-21-15(20)12-4-3-11(8-13(17)9-16)10(7-12)5-6-14(18)19/h3-7H,2,8-9H2,1H3,(H,18,19)/b6-5+. The van der Waals surface area contributed by atoms with Gasteiger partial charge in [0.2, 0.25) is 0 Å². The van der Waals surface area contributed by atoms with Crippen LogP contribution in [0.25, 0.3) is 6.08 Å². The molecule has 1 aromatic rings. The number of carbonyl (C=O) groups excluding carboxylic acids is 2. The molecular weight excluding hydrogens is 340 g/mol. The van der Waals surface area contributed by atoms with Gasteiger partial charge in [-0.3, -0.25) is 4.79 Å². The quantitative estimate of drug-likeness (QED) is 0.462. The van der Waals surface area contributed by atoms with Gasteiger partial charge in [0, 0.05) is 12.5 Å². The van der Waals surface area contributed by atoms with E-state index in [1.807, 2.05) is 0 Å². The molecule has 0 aliphatic heterocycles. The van der Waals surface area contributed by atoms with E-state index in [0.717, 1.165) is 6.08 Å². The molecule has 0 fully saturated rings. The van der Waals surface area contributed by atoms with Gasteiger partial charge in [-0.1, -0.05) is 22.0 Å². The van der Waals surface area contributed by atoms with Crippen molar-refractivity contribution in [3.63, 3.8) is 0 Å². The molecule has 0 aliphatic carbocycles. The van der Waals surface area contributed by atoms with Crippen LogP contribution < -0.4 is 0 Å². The number of benzene rings is 1. The molecule has 0 saturated carbocycles. The van der Waals surface area contributed by atoms with Crippen molar-refractivity contribution >= 4 is 39.7 Å². The average molecular weight is 355 g/mol. The van der Waals surface area contributed by atoms with Crippen molar-refractivity contribution < 1.29 is 24.2 Å². The van der Waals surface area contributed by atoms with E-state index in [2.05, 4.69) is 15.9 Å². The maximum atomic E-state index is 11.7. The summed E-state index contributed by atoms with van der Waals surface area (Å²) in [5.74, 6) is -1.63. The number of hydrogen-bond donors (Lipinski definition) is 1. The second-order valence-electron chi connectivity index (χ2n) is 4.15. The molecule has 0 saturated heterocycles. The van der Waals surface area contributed by atoms with Gasteiger partial charge in [-0.25, -0.2) is 9.59 Å². The maximum Gasteiger partial charge on any atom is 0.338 e. The Balaban J connectivity index is 3.15. The number of esters is 1. The first-order chi connectivity index (χ1) is 9.97. The molecule has 0 aromatic heterocycles. The van der Waals surface area contributed by atoms with Crippen LogP contribution in [0.1, 0.15) is 28.4 Å². The third kappa shape index (κ3) is 5.51. The summed E-state index contributed by atoms with van der Waals surface area (Å²) in [5, 5.41) is 8.92. The monoisotopic (exact) mass is 354 g/mol. The number of carboxylic acids is 1. The first-order valence-electron chi connectivity index (χ1n) is 6.26. The van der Waals surface area contributed by atoms with Crippen molar-refractivity contribution in [2.75, 3.05) is 11.9 Å². The van der Waals surface area contributed by atoms with Crippen molar-refractivity contribution in [1.29, 1.82) is 0 Å². The van der Waals surface area contributed by atoms with Gasteiger partial charge in [0.25, 0.3) is 0 Å². The van der Waals surface area contributed by atoms with Gasteiger partial charge in [0.1, 0.15) is 5.78 Å². The van der Waals surface area contributed by atoms with Crippen LogP contribution in [0.15, 0.2) is 24.3 Å². The minimum atomic E-state index is -1.10. The Hall–Kier alpha value is -1.95. The minimum Gasteiger partial charge on any atom is -0.478 e. The summed E-state index contributed by atoms with van der Waals surface area (Å²) in [7, 11) is 0. The lowest BCUT2D eigenvalue weighted by molar-refractivity contribution is -0.131. The lowest BCUT2D eigenvalue weighted by Crippen LogP contribution is -2.08. The lowest BCUT2D eigenvalue weighted by atomic mass is 9.99. The Morgan fingerprint density at radius 3 is 2.62 bits per heavy atom. The van der Waals surface area contributed by atoms with Crippen molar-refractivity contribution in [2.24, 2.45) is 0 Å². The number of rotatable bonds is 7. The summed E-state index contributed by atoms with van der Waals surface area (Å²) in [6.07, 6.45) is 2.49. The third-order valence-corrected chi connectivity index (χ3v) is 3.22. The number of Topliss-reactive ketones (excluding diaryl/α,β-unsaturated/α-hetero) is 1. The van der Waals surface area contributed by atoms with Crippen LogP contribution >= 0.6 is 15.9 Å². The molecule has 1 rings (SSSR count). The Morgan fingerprint density at radius 2 is 2.05 bits per heavy atom. The van der Waals surface area contributed by atoms with Gasteiger partial charge in [-0.15, -0.1) is 0 Å². The first-order valence-corrected chi connectivity index (χ1v) is 7.38. The molecule has 0 unspecified atom stereocenters. The Bertz CT molecular complexity index is 577. The molecule has 0 atom stereocenters. The van der Waals surface area contributed by atoms with Gasteiger partial charge < -0.3 is 9.84 Å². The number of aliphatic carboxylic acids is 1. The number of ether oxygens (including phenoxy) is 1. The van der Waals surface area contributed by atoms with Gasteiger partial charge in [0.05, 0.1) is 17.5 Å². The largest absolute Gasteiger partial charge is 0.478 e. The van der Waals surface area contributed by atoms with Crippen molar-refractivity contribution in [3.05, 3.63) is 41.0 Å². The predicted molar refractivity (Wildman–Crippen MR) is 81.6 cm³/mol. The summed E-state index contributed by atoms with van der Waals surface area (Å²) in [6.45, 7) is 1.95. The SMILES string of the molecule is CCOC(=O)c1ccc(CC(=O)CBr)c(/C=C/C(=O)O)c1. The highest BCUT2D eigenvalue weighted by Crippen LogP contribution is 2.16. The Labute approximate surface area is 130 Å². The number of ketones is 1. The molecule has 6 heteroatoms. The fourth-order valence-electron chi connectivity index (χ4n) is 1.67. The second-order valence-corrected chi connectivity index (χ2v) is 4.72. The molecule has 0 aliphatic rings. The van der Waals surface area contributed by atoms with E-state index < -0.39 is 11.9 Å². The third-order valence-electron chi connectivity index (χ3n) is 2.60. The number of alkyl halides is 1. The van der Waals surface area contributed by atoms with E-state index in [0.29, 0.717) is 16.7 Å². The van der Waals surface area contributed by atoms with Gasteiger partial charge >= 0.3 is 11.9 Å². The second kappa shape index (κ2) is 8.36. The zero-order valence-electron chi connectivity index (χ0n) is 11.5. The normalized spacial score (nSPS) is 10.6. The fraction of sp³-hybridized carbons (Fsp3) is 0.267. The average Bonchev–Trinajstić information content (AvgIpc) is 2.46. The summed E-state index contributed by atoms with van der Waals surface area (Å²) >= 11 is 3.08. The molecular formula is C15H15BrO5. The molecule has 0 bridgehead atoms. The van der Waals surface area contributed by atoms with Crippen LogP contribution in [0.5, 0.6) is 0 Å². The van der Waals surface area contributed by atoms with E-state index in [4.69, 9.17) is 9.84 Å². The van der Waals surface area contributed by atoms with Crippen molar-refractivity contribution in [3.8, 4) is 0 Å². The number of carboxylic acid groups (broad SMARTS) is 1. The molecule has 0 spiro atoms. The van der Waals surface area contributed by atoms with Crippen LogP contribution in [-0.4, -0.2) is 34.8 Å². The maximum absolute atomic E-state index is 11.7. The fourth-order valence-corrected chi connectivity index (χ4v) is 1.87. The summed E-state index contributed by atoms with van der Waals surface area (Å²) < 4.78 is 4.90. The van der Waals surface area contributed by atoms with E-state index in [9.17, 15) is 14.4 Å². The highest BCUT2D eigenvalue weighted by atomic mass is 79.9. The van der Waals surface area contributed by atoms with E-state index in [-0.39, 0.29) is 24.1 Å². The van der Waals surface area contributed by atoms with Gasteiger partial charge in [-0.05, 0) is 36.3 Å². The summed E-state index contributed by atoms with van der Waals surface area (Å²) in [4.78, 5) is 33.8. The molecule has 5 nitrogen and oxygen atoms in total. The van der Waals surface area contributed by atoms with Gasteiger partial charge in [-0.2, -0.15) is 0 Å². The lowest BCUT2D eigenvalue weighted by Gasteiger charge is -2.08. The van der Waals surface area contributed by atoms with Crippen LogP contribution in [0.3, 0.4) is 0 Å². The molecule has 0 amide bonds. The molecule has 21 heavy (non-hydrogen) atoms. The van der Waals surface area contributed by atoms with Crippen molar-refractivity contribution in [1.82, 2.24) is 0 Å². The van der Waals surface area contributed by atoms with Crippen molar-refractivity contribution in [2.45, 2.75) is 13.3 Å². The van der Waals surface area contributed by atoms with E-state index in [1.54, 1.807) is 19.1 Å². The molecule has 0 heterocycles. The van der Waals surface area contributed by atoms with Crippen LogP contribution in [0.2, 0.25) is 0 Å². The van der Waals surface area contributed by atoms with Crippen LogP contribution in [-0.2, 0) is 20.7 Å². The highest BCUT2D eigenvalue weighted by molar-refractivity contribution is 9.09. The Morgan fingerprint density at radius 1 is 1.33 bits per heavy atom. The molecule has 112 valence electrons. The minimum absolute atomic E-state index is 0.0381. The molecule has 1 aromatic carbocycles. The van der Waals surface area contributed by atoms with Crippen LogP contribution in [0, 0.1) is 0 Å². The van der Waals surface area contributed by atoms with E-state index >= 15 is 0 Å². The van der Waals surface area contributed by atoms with E-state index in [1.165, 1.54) is 12.1 Å². The molecule has 0 radical (unpaired) electrons. The predicted octanol–water partition coefficient (Wildman–Crippen LogP) is 2.47. The smallest absolute Gasteiger partial charge is 0.338 e. The Kier molecular flexibility index (Phi) is 6.81. The highest BCUT2D eigenvalue weighted by Gasteiger charge is 2.11. The van der Waals surface area contributed by atoms with Gasteiger partial charge in [0.15, 0.2) is 0 Å². The number of hydrogen-bond acceptors (Lipinski definition) is 4. The topological polar surface area (TPSA) is 80.7 Å². The number of carbonyl (C=O) groups is 3.